The lowest BCUT2D eigenvalue weighted by atomic mass is 10.0. The van der Waals surface area contributed by atoms with Crippen molar-refractivity contribution < 1.29 is 22.3 Å². The summed E-state index contributed by atoms with van der Waals surface area (Å²) in [5, 5.41) is 0.239. The van der Waals surface area contributed by atoms with E-state index < -0.39 is 17.0 Å². The first-order chi connectivity index (χ1) is 15.6. The Bertz CT molecular complexity index is 1210. The highest BCUT2D eigenvalue weighted by Gasteiger charge is 2.21. The van der Waals surface area contributed by atoms with Gasteiger partial charge in [0.1, 0.15) is 11.6 Å². The number of aromatic nitrogens is 2. The summed E-state index contributed by atoms with van der Waals surface area (Å²) in [4.78, 5) is 17.5. The molecule has 1 amide bonds. The van der Waals surface area contributed by atoms with Crippen LogP contribution < -0.4 is 4.74 Å². The quantitative estimate of drug-likeness (QED) is 0.443. The van der Waals surface area contributed by atoms with Crippen LogP contribution in [0.5, 0.6) is 5.06 Å². The number of halogens is 1. The third kappa shape index (κ3) is 6.00. The highest BCUT2D eigenvalue weighted by Crippen LogP contribution is 2.40. The molecule has 33 heavy (non-hydrogen) atoms. The van der Waals surface area contributed by atoms with Crippen molar-refractivity contribution in [3.63, 3.8) is 0 Å². The van der Waals surface area contributed by atoms with Crippen molar-refractivity contribution in [3.05, 3.63) is 58.7 Å². The van der Waals surface area contributed by atoms with E-state index in [1.165, 1.54) is 17.4 Å². The summed E-state index contributed by atoms with van der Waals surface area (Å²) in [7, 11) is -1.99. The van der Waals surface area contributed by atoms with E-state index in [2.05, 4.69) is 18.8 Å². The maximum Gasteiger partial charge on any atom is 0.429 e. The molecule has 0 fully saturated rings. The van der Waals surface area contributed by atoms with Gasteiger partial charge in [0.05, 0.1) is 6.54 Å². The number of amides is 1. The van der Waals surface area contributed by atoms with Gasteiger partial charge < -0.3 is 9.30 Å². The zero-order valence-corrected chi connectivity index (χ0v) is 21.0. The number of benzene rings is 1. The molecule has 2 heterocycles. The molecule has 0 N–H and O–H groups in total. The minimum Gasteiger partial charge on any atom is -0.398 e. The van der Waals surface area contributed by atoms with Gasteiger partial charge in [-0.1, -0.05) is 39.8 Å². The van der Waals surface area contributed by atoms with E-state index in [-0.39, 0.29) is 16.8 Å². The van der Waals surface area contributed by atoms with Crippen molar-refractivity contribution in [2.24, 2.45) is 5.92 Å². The molecule has 0 radical (unpaired) electrons. The Balaban J connectivity index is 1.94. The zero-order chi connectivity index (χ0) is 24.3. The number of carbonyl (C=O) groups excluding carboxylic acids is 1. The summed E-state index contributed by atoms with van der Waals surface area (Å²) in [6, 6.07) is 6.77. The van der Waals surface area contributed by atoms with Crippen LogP contribution in [0, 0.1) is 11.7 Å². The molecule has 0 saturated carbocycles. The van der Waals surface area contributed by atoms with E-state index in [4.69, 9.17) is 4.74 Å². The molecule has 0 bridgehead atoms. The summed E-state index contributed by atoms with van der Waals surface area (Å²) >= 11 is 1.26. The molecule has 1 aromatic carbocycles. The molecule has 7 nitrogen and oxygen atoms in total. The van der Waals surface area contributed by atoms with Crippen LogP contribution in [0.3, 0.4) is 0 Å². The summed E-state index contributed by atoms with van der Waals surface area (Å²) < 4.78 is 45.1. The molecular weight excluding hydrogens is 465 g/mol. The molecule has 0 spiro atoms. The second-order valence-electron chi connectivity index (χ2n) is 8.52. The Hall–Kier alpha value is -2.72. The maximum atomic E-state index is 15.1. The minimum absolute atomic E-state index is 0.215. The number of ether oxygens (including phenoxy) is 1. The molecule has 2 aromatic heterocycles. The number of hydrogen-bond acceptors (Lipinski definition) is 6. The molecule has 3 aromatic rings. The van der Waals surface area contributed by atoms with E-state index in [1.54, 1.807) is 18.3 Å². The van der Waals surface area contributed by atoms with Gasteiger partial charge in [0.25, 0.3) is 0 Å². The van der Waals surface area contributed by atoms with Gasteiger partial charge in [0, 0.05) is 41.4 Å². The highest BCUT2D eigenvalue weighted by molar-refractivity contribution is 7.70. The first-order valence-electron chi connectivity index (χ1n) is 10.6. The van der Waals surface area contributed by atoms with Crippen LogP contribution >= 0.6 is 11.3 Å². The fourth-order valence-corrected chi connectivity index (χ4v) is 4.80. The molecule has 10 heteroatoms. The number of thiol groups is 1. The number of rotatable bonds is 8. The van der Waals surface area contributed by atoms with Crippen LogP contribution in [0.4, 0.5) is 9.18 Å². The number of hydrogen-bond donors (Lipinski definition) is 1. The molecular formula is C23H28FN3O4S2. The van der Waals surface area contributed by atoms with Crippen molar-refractivity contribution in [1.82, 2.24) is 13.9 Å². The van der Waals surface area contributed by atoms with Gasteiger partial charge in [-0.3, -0.25) is 0 Å². The summed E-state index contributed by atoms with van der Waals surface area (Å²) in [6.07, 6.45) is 3.27. The third-order valence-corrected chi connectivity index (χ3v) is 6.71. The van der Waals surface area contributed by atoms with E-state index in [1.807, 2.05) is 30.7 Å². The predicted octanol–water partition coefficient (Wildman–Crippen LogP) is 5.08. The lowest BCUT2D eigenvalue weighted by molar-refractivity contribution is 0.187. The van der Waals surface area contributed by atoms with E-state index in [0.29, 0.717) is 33.5 Å². The monoisotopic (exact) mass is 493 g/mol. The average Bonchev–Trinajstić information content (AvgIpc) is 3.35. The Morgan fingerprint density at radius 1 is 1.24 bits per heavy atom. The summed E-state index contributed by atoms with van der Waals surface area (Å²) in [6.45, 7) is 8.55. The van der Waals surface area contributed by atoms with Crippen LogP contribution in [0.25, 0.3) is 11.1 Å². The largest absolute Gasteiger partial charge is 0.429 e. The zero-order valence-electron chi connectivity index (χ0n) is 19.2. The fraction of sp³-hybridized carbons (Fsp3) is 0.391. The van der Waals surface area contributed by atoms with Gasteiger partial charge in [0.15, 0.2) is 5.06 Å². The number of nitrogens with zero attached hydrogens (tertiary/aromatic N) is 3. The highest BCUT2D eigenvalue weighted by atomic mass is 32.2. The van der Waals surface area contributed by atoms with Crippen molar-refractivity contribution in [3.8, 4) is 16.2 Å². The molecule has 178 valence electrons. The van der Waals surface area contributed by atoms with E-state index >= 15 is 4.39 Å². The molecule has 0 aliphatic heterocycles. The van der Waals surface area contributed by atoms with E-state index in [9.17, 15) is 13.2 Å². The smallest absolute Gasteiger partial charge is 0.398 e. The van der Waals surface area contributed by atoms with Gasteiger partial charge in [-0.25, -0.2) is 26.9 Å². The topological polar surface area (TPSA) is 81.5 Å². The lowest BCUT2D eigenvalue weighted by Gasteiger charge is -2.12. The van der Waals surface area contributed by atoms with Crippen molar-refractivity contribution in [1.29, 1.82) is 0 Å². The van der Waals surface area contributed by atoms with Crippen LogP contribution in [-0.4, -0.2) is 35.4 Å². The van der Waals surface area contributed by atoms with Crippen molar-refractivity contribution >= 4 is 28.3 Å². The van der Waals surface area contributed by atoms with Gasteiger partial charge in [-0.2, -0.15) is 0 Å². The second-order valence-corrected chi connectivity index (χ2v) is 10.7. The lowest BCUT2D eigenvalue weighted by Crippen LogP contribution is -2.28. The van der Waals surface area contributed by atoms with Crippen LogP contribution in [-0.2, 0) is 23.9 Å². The SMILES string of the molecule is CC(C)Cc1cc(-c2ccc(Cn3ccnc3C(C)C)c(F)c2)c(OC(=O)N(C)[SH](=O)=O)s1. The average molecular weight is 494 g/mol. The molecule has 0 atom stereocenters. The van der Waals surface area contributed by atoms with Crippen molar-refractivity contribution in [2.45, 2.75) is 46.6 Å². The first-order valence-corrected chi connectivity index (χ1v) is 12.5. The number of imidazole rings is 1. The fourth-order valence-electron chi connectivity index (χ4n) is 3.40. The predicted molar refractivity (Wildman–Crippen MR) is 128 cm³/mol. The van der Waals surface area contributed by atoms with Gasteiger partial charge in [-0.05, 0) is 30.0 Å². The summed E-state index contributed by atoms with van der Waals surface area (Å²) in [5.74, 6) is 1.07. The van der Waals surface area contributed by atoms with Gasteiger partial charge in [0.2, 0.25) is 10.9 Å². The molecule has 0 saturated heterocycles. The third-order valence-electron chi connectivity index (χ3n) is 5.02. The normalized spacial score (nSPS) is 11.5. The Kier molecular flexibility index (Phi) is 7.91. The molecule has 0 aliphatic rings. The van der Waals surface area contributed by atoms with Crippen LogP contribution in [0.1, 0.15) is 49.9 Å². The number of carbonyl (C=O) groups is 1. The first kappa shape index (κ1) is 24.9. The number of thiophene rings is 1. The maximum absolute atomic E-state index is 15.1. The minimum atomic E-state index is -3.11. The Labute approximate surface area is 198 Å². The van der Waals surface area contributed by atoms with Crippen LogP contribution in [0.2, 0.25) is 0 Å². The second kappa shape index (κ2) is 10.5. The standard InChI is InChI=1S/C23H28FN3O4S2/c1-14(2)10-18-12-19(22(32-18)31-23(28)26(5)33(29)30)16-6-7-17(20(24)11-16)13-27-9-8-25-21(27)15(3)4/h6-9,11-12,14-15,33H,10,13H2,1-5H3. The molecule has 3 rings (SSSR count). The summed E-state index contributed by atoms with van der Waals surface area (Å²) in [5.41, 5.74) is 1.61. The Morgan fingerprint density at radius 2 is 1.97 bits per heavy atom. The van der Waals surface area contributed by atoms with Gasteiger partial charge >= 0.3 is 6.09 Å². The van der Waals surface area contributed by atoms with Crippen molar-refractivity contribution in [2.75, 3.05) is 7.05 Å². The Morgan fingerprint density at radius 3 is 2.58 bits per heavy atom. The van der Waals surface area contributed by atoms with Gasteiger partial charge in [-0.15, -0.1) is 11.3 Å². The molecule has 0 aliphatic carbocycles. The molecule has 0 unspecified atom stereocenters. The van der Waals surface area contributed by atoms with Crippen LogP contribution in [0.15, 0.2) is 36.7 Å². The van der Waals surface area contributed by atoms with E-state index in [0.717, 1.165) is 24.2 Å².